The lowest BCUT2D eigenvalue weighted by Crippen LogP contribution is -2.44. The molecule has 0 bridgehead atoms. The number of benzene rings is 2. The average Bonchev–Trinajstić information content (AvgIpc) is 2.43. The fraction of sp³-hybridized carbons (Fsp3) is 0.333. The highest BCUT2D eigenvalue weighted by Crippen LogP contribution is 2.18. The van der Waals surface area contributed by atoms with Crippen molar-refractivity contribution in [2.45, 2.75) is 38.8 Å². The largest absolute Gasteiger partial charge is 0.508 e. The third kappa shape index (κ3) is 4.31. The summed E-state index contributed by atoms with van der Waals surface area (Å²) in [5.41, 5.74) is 16.9. The number of phenols is 1. The summed E-state index contributed by atoms with van der Waals surface area (Å²) in [7, 11) is 0. The summed E-state index contributed by atoms with van der Waals surface area (Å²) in [6.45, 7) is 3.96. The normalized spacial score (nSPS) is 13.9. The summed E-state index contributed by atoms with van der Waals surface area (Å²) in [5.74, 6) is 0.316. The Kier molecular flexibility index (Phi) is 4.99. The molecule has 0 aliphatic rings. The van der Waals surface area contributed by atoms with Crippen LogP contribution in [0, 0.1) is 13.8 Å². The van der Waals surface area contributed by atoms with Crippen LogP contribution in [0.1, 0.15) is 22.3 Å². The highest BCUT2D eigenvalue weighted by Gasteiger charge is 2.15. The van der Waals surface area contributed by atoms with Gasteiger partial charge in [-0.05, 0) is 49.4 Å². The fourth-order valence-electron chi connectivity index (χ4n) is 2.53. The van der Waals surface area contributed by atoms with E-state index >= 15 is 0 Å². The van der Waals surface area contributed by atoms with E-state index < -0.39 is 0 Å². The predicted molar refractivity (Wildman–Crippen MR) is 87.4 cm³/mol. The third-order valence-corrected chi connectivity index (χ3v) is 3.84. The van der Waals surface area contributed by atoms with Crippen molar-refractivity contribution in [1.82, 2.24) is 0 Å². The van der Waals surface area contributed by atoms with Crippen LogP contribution in [-0.2, 0) is 12.8 Å². The maximum absolute atomic E-state index is 9.55. The number of aromatic hydroxyl groups is 1. The zero-order chi connectivity index (χ0) is 15.4. The van der Waals surface area contributed by atoms with Crippen molar-refractivity contribution >= 4 is 0 Å². The van der Waals surface area contributed by atoms with Gasteiger partial charge in [-0.3, -0.25) is 0 Å². The Bertz CT molecular complexity index is 610. The average molecular weight is 284 g/mol. The van der Waals surface area contributed by atoms with E-state index in [0.29, 0.717) is 12.2 Å². The monoisotopic (exact) mass is 284 g/mol. The first kappa shape index (κ1) is 15.5. The molecule has 2 aromatic carbocycles. The van der Waals surface area contributed by atoms with Crippen molar-refractivity contribution in [2.75, 3.05) is 0 Å². The topological polar surface area (TPSA) is 72.3 Å². The molecule has 0 spiro atoms. The molecule has 3 nitrogen and oxygen atoms in total. The maximum Gasteiger partial charge on any atom is 0.118 e. The summed E-state index contributed by atoms with van der Waals surface area (Å²) in [6.07, 6.45) is 1.49. The Morgan fingerprint density at radius 1 is 0.905 bits per heavy atom. The van der Waals surface area contributed by atoms with Gasteiger partial charge in [0.25, 0.3) is 0 Å². The van der Waals surface area contributed by atoms with Crippen molar-refractivity contribution in [3.05, 3.63) is 64.7 Å². The summed E-state index contributed by atoms with van der Waals surface area (Å²) < 4.78 is 0. The number of hydrogen-bond donors (Lipinski definition) is 3. The first-order valence-corrected chi connectivity index (χ1v) is 7.31. The van der Waals surface area contributed by atoms with Crippen LogP contribution in [-0.4, -0.2) is 17.2 Å². The molecule has 2 atom stereocenters. The number of phenolic OH excluding ortho intramolecular Hbond substituents is 1. The van der Waals surface area contributed by atoms with Crippen molar-refractivity contribution in [3.8, 4) is 5.75 Å². The van der Waals surface area contributed by atoms with Crippen molar-refractivity contribution in [2.24, 2.45) is 11.5 Å². The molecule has 0 heterocycles. The quantitative estimate of drug-likeness (QED) is 0.789. The van der Waals surface area contributed by atoms with Crippen molar-refractivity contribution in [3.63, 3.8) is 0 Å². The zero-order valence-corrected chi connectivity index (χ0v) is 12.7. The van der Waals surface area contributed by atoms with E-state index in [2.05, 4.69) is 25.1 Å². The standard InChI is InChI=1S/C18H24N2O/c1-12-4-3-5-14(8-12)10-16(19)17(20)11-15-6-7-18(21)13(2)9-15/h3-9,16-17,21H,10-11,19-20H2,1-2H3. The summed E-state index contributed by atoms with van der Waals surface area (Å²) in [4.78, 5) is 0. The van der Waals surface area contributed by atoms with Gasteiger partial charge in [-0.15, -0.1) is 0 Å². The van der Waals surface area contributed by atoms with Crippen LogP contribution in [0.5, 0.6) is 5.75 Å². The lowest BCUT2D eigenvalue weighted by Gasteiger charge is -2.20. The Morgan fingerprint density at radius 2 is 1.52 bits per heavy atom. The zero-order valence-electron chi connectivity index (χ0n) is 12.7. The van der Waals surface area contributed by atoms with Gasteiger partial charge in [-0.25, -0.2) is 0 Å². The summed E-state index contributed by atoms with van der Waals surface area (Å²) >= 11 is 0. The Hall–Kier alpha value is -1.84. The second-order valence-electron chi connectivity index (χ2n) is 5.85. The third-order valence-electron chi connectivity index (χ3n) is 3.84. The van der Waals surface area contributed by atoms with Crippen LogP contribution in [0.15, 0.2) is 42.5 Å². The second kappa shape index (κ2) is 6.74. The SMILES string of the molecule is Cc1cccc(CC(N)C(N)Cc2ccc(O)c(C)c2)c1. The molecule has 0 radical (unpaired) electrons. The minimum atomic E-state index is -0.102. The van der Waals surface area contributed by atoms with Gasteiger partial charge < -0.3 is 16.6 Å². The smallest absolute Gasteiger partial charge is 0.118 e. The molecule has 0 aliphatic heterocycles. The number of nitrogens with two attached hydrogens (primary N) is 2. The lowest BCUT2D eigenvalue weighted by atomic mass is 9.94. The minimum Gasteiger partial charge on any atom is -0.508 e. The van der Waals surface area contributed by atoms with Gasteiger partial charge in [0.15, 0.2) is 0 Å². The van der Waals surface area contributed by atoms with E-state index in [4.69, 9.17) is 11.5 Å². The van der Waals surface area contributed by atoms with E-state index in [9.17, 15) is 5.11 Å². The van der Waals surface area contributed by atoms with E-state index in [1.165, 1.54) is 11.1 Å². The number of hydrogen-bond acceptors (Lipinski definition) is 3. The molecule has 0 saturated heterocycles. The molecule has 3 heteroatoms. The Labute approximate surface area is 126 Å². The summed E-state index contributed by atoms with van der Waals surface area (Å²) in [6, 6.07) is 13.8. The Balaban J connectivity index is 1.98. The molecule has 21 heavy (non-hydrogen) atoms. The van der Waals surface area contributed by atoms with Gasteiger partial charge in [0.2, 0.25) is 0 Å². The molecule has 2 rings (SSSR count). The van der Waals surface area contributed by atoms with Crippen LogP contribution in [0.3, 0.4) is 0 Å². The van der Waals surface area contributed by atoms with E-state index in [0.717, 1.165) is 17.5 Å². The maximum atomic E-state index is 9.55. The van der Waals surface area contributed by atoms with Gasteiger partial charge >= 0.3 is 0 Å². The number of aryl methyl sites for hydroxylation is 2. The molecule has 5 N–H and O–H groups in total. The van der Waals surface area contributed by atoms with Gasteiger partial charge in [0, 0.05) is 12.1 Å². The van der Waals surface area contributed by atoms with E-state index in [1.807, 2.05) is 25.1 Å². The number of rotatable bonds is 5. The predicted octanol–water partition coefficient (Wildman–Crippen LogP) is 2.45. The first-order chi connectivity index (χ1) is 9.95. The molecular formula is C18H24N2O. The van der Waals surface area contributed by atoms with Crippen LogP contribution in [0.4, 0.5) is 0 Å². The minimum absolute atomic E-state index is 0.0825. The fourth-order valence-corrected chi connectivity index (χ4v) is 2.53. The first-order valence-electron chi connectivity index (χ1n) is 7.31. The highest BCUT2D eigenvalue weighted by molar-refractivity contribution is 5.35. The molecule has 0 fully saturated rings. The van der Waals surface area contributed by atoms with Crippen LogP contribution < -0.4 is 11.5 Å². The molecule has 112 valence electrons. The van der Waals surface area contributed by atoms with Crippen LogP contribution in [0.25, 0.3) is 0 Å². The van der Waals surface area contributed by atoms with Crippen LogP contribution >= 0.6 is 0 Å². The van der Waals surface area contributed by atoms with Gasteiger partial charge in [0.05, 0.1) is 0 Å². The molecule has 0 aliphatic carbocycles. The Morgan fingerprint density at radius 3 is 2.10 bits per heavy atom. The molecule has 2 aromatic rings. The highest BCUT2D eigenvalue weighted by atomic mass is 16.3. The van der Waals surface area contributed by atoms with Crippen molar-refractivity contribution in [1.29, 1.82) is 0 Å². The second-order valence-corrected chi connectivity index (χ2v) is 5.85. The van der Waals surface area contributed by atoms with Crippen molar-refractivity contribution < 1.29 is 5.11 Å². The lowest BCUT2D eigenvalue weighted by molar-refractivity contribution is 0.470. The van der Waals surface area contributed by atoms with E-state index in [1.54, 1.807) is 6.07 Å². The summed E-state index contributed by atoms with van der Waals surface area (Å²) in [5, 5.41) is 9.55. The van der Waals surface area contributed by atoms with E-state index in [-0.39, 0.29) is 12.1 Å². The molecule has 0 aromatic heterocycles. The van der Waals surface area contributed by atoms with Gasteiger partial charge in [0.1, 0.15) is 5.75 Å². The molecule has 0 amide bonds. The van der Waals surface area contributed by atoms with Gasteiger partial charge in [-0.1, -0.05) is 42.0 Å². The van der Waals surface area contributed by atoms with Gasteiger partial charge in [-0.2, -0.15) is 0 Å². The molecule has 0 saturated carbocycles. The van der Waals surface area contributed by atoms with Crippen LogP contribution in [0.2, 0.25) is 0 Å². The molecule has 2 unspecified atom stereocenters. The molecular weight excluding hydrogens is 260 g/mol.